The second-order valence-corrected chi connectivity index (χ2v) is 7.64. The zero-order valence-electron chi connectivity index (χ0n) is 17.8. The third-order valence-electron chi connectivity index (χ3n) is 5.13. The van der Waals surface area contributed by atoms with E-state index in [1.54, 1.807) is 0 Å². The van der Waals surface area contributed by atoms with Crippen molar-refractivity contribution in [2.24, 2.45) is 0 Å². The fourth-order valence-electron chi connectivity index (χ4n) is 3.30. The second kappa shape index (κ2) is 11.7. The van der Waals surface area contributed by atoms with Gasteiger partial charge in [-0.2, -0.15) is 0 Å². The summed E-state index contributed by atoms with van der Waals surface area (Å²) in [6.07, 6.45) is 2.57. The van der Waals surface area contributed by atoms with Crippen molar-refractivity contribution in [2.75, 3.05) is 11.9 Å². The Balaban J connectivity index is 1.85. The lowest BCUT2D eigenvalue weighted by Crippen LogP contribution is -2.42. The van der Waals surface area contributed by atoms with Gasteiger partial charge in [-0.25, -0.2) is 4.79 Å². The van der Waals surface area contributed by atoms with E-state index in [1.807, 2.05) is 30.3 Å². The summed E-state index contributed by atoms with van der Waals surface area (Å²) < 4.78 is 0. The zero-order valence-corrected chi connectivity index (χ0v) is 17.8. The number of anilines is 1. The molecule has 0 radical (unpaired) electrons. The van der Waals surface area contributed by atoms with Gasteiger partial charge in [-0.15, -0.1) is 0 Å². The van der Waals surface area contributed by atoms with Crippen molar-refractivity contribution in [3.05, 3.63) is 74.0 Å². The van der Waals surface area contributed by atoms with Gasteiger partial charge < -0.3 is 20.8 Å². The molecule has 1 amide bonds. The number of allylic oxidation sites excluding steroid dienone is 1. The van der Waals surface area contributed by atoms with Crippen molar-refractivity contribution in [1.29, 1.82) is 0 Å². The number of aliphatic hydroxyl groups is 1. The number of hydrogen-bond acceptors (Lipinski definition) is 8. The third kappa shape index (κ3) is 7.68. The number of carboxylic acid groups (broad SMARTS) is 1. The summed E-state index contributed by atoms with van der Waals surface area (Å²) in [5.41, 5.74) is -2.41. The Hall–Kier alpha value is -3.80. The minimum absolute atomic E-state index is 0.0904. The first kappa shape index (κ1) is 25.5. The zero-order chi connectivity index (χ0) is 24.4. The molecular weight excluding hydrogens is 436 g/mol. The molecule has 178 valence electrons. The highest BCUT2D eigenvalue weighted by Crippen LogP contribution is 2.30. The summed E-state index contributed by atoms with van der Waals surface area (Å²) in [6, 6.07) is 8.19. The molecule has 12 heteroatoms. The van der Waals surface area contributed by atoms with E-state index < -0.39 is 52.0 Å². The predicted molar refractivity (Wildman–Crippen MR) is 117 cm³/mol. The van der Waals surface area contributed by atoms with Gasteiger partial charge in [0, 0.05) is 36.7 Å². The van der Waals surface area contributed by atoms with Crippen molar-refractivity contribution in [2.45, 2.75) is 50.3 Å². The Kier molecular flexibility index (Phi) is 9.04. The highest BCUT2D eigenvalue weighted by Gasteiger charge is 2.46. The molecule has 0 saturated heterocycles. The number of amides is 1. The summed E-state index contributed by atoms with van der Waals surface area (Å²) in [7, 11) is 0. The van der Waals surface area contributed by atoms with Gasteiger partial charge in [0.15, 0.2) is 0 Å². The highest BCUT2D eigenvalue weighted by atomic mass is 16.7. The van der Waals surface area contributed by atoms with E-state index in [0.29, 0.717) is 6.42 Å². The van der Waals surface area contributed by atoms with Crippen LogP contribution in [0.3, 0.4) is 0 Å². The number of rotatable bonds is 13. The maximum atomic E-state index is 12.2. The Morgan fingerprint density at radius 2 is 1.82 bits per heavy atom. The molecule has 2 unspecified atom stereocenters. The maximum Gasteiger partial charge on any atom is 0.352 e. The smallest absolute Gasteiger partial charge is 0.352 e. The van der Waals surface area contributed by atoms with Gasteiger partial charge in [-0.3, -0.25) is 25.0 Å². The number of carbonyl (C=O) groups excluding carboxylic acids is 1. The van der Waals surface area contributed by atoms with Crippen LogP contribution in [0.2, 0.25) is 0 Å². The summed E-state index contributed by atoms with van der Waals surface area (Å²) >= 11 is 0. The molecule has 33 heavy (non-hydrogen) atoms. The normalized spacial score (nSPS) is 18.5. The van der Waals surface area contributed by atoms with Gasteiger partial charge in [0.05, 0.1) is 9.85 Å². The van der Waals surface area contributed by atoms with E-state index in [0.717, 1.165) is 37.2 Å². The van der Waals surface area contributed by atoms with Crippen molar-refractivity contribution < 1.29 is 29.6 Å². The molecule has 0 aliphatic heterocycles. The first-order valence-corrected chi connectivity index (χ1v) is 10.4. The molecule has 12 nitrogen and oxygen atoms in total. The van der Waals surface area contributed by atoms with E-state index in [2.05, 4.69) is 10.6 Å². The number of carbonyl (C=O) groups is 2. The molecule has 0 saturated carbocycles. The number of hydrogen-bond donors (Lipinski definition) is 4. The number of benzene rings is 1. The van der Waals surface area contributed by atoms with Gasteiger partial charge in [0.1, 0.15) is 12.5 Å². The van der Waals surface area contributed by atoms with Crippen LogP contribution >= 0.6 is 0 Å². The molecule has 0 fully saturated rings. The molecular formula is C21H26N4O8. The Bertz CT molecular complexity index is 947. The molecule has 0 spiro atoms. The van der Waals surface area contributed by atoms with Gasteiger partial charge in [0.2, 0.25) is 5.91 Å². The van der Waals surface area contributed by atoms with E-state index in [1.165, 1.54) is 0 Å². The molecule has 1 aliphatic rings. The van der Waals surface area contributed by atoms with Crippen LogP contribution in [0.4, 0.5) is 5.69 Å². The molecule has 0 aromatic heterocycles. The monoisotopic (exact) mass is 462 g/mol. The number of nitrogens with one attached hydrogen (secondary N) is 2. The van der Waals surface area contributed by atoms with E-state index in [-0.39, 0.29) is 12.0 Å². The largest absolute Gasteiger partial charge is 0.480 e. The van der Waals surface area contributed by atoms with Crippen molar-refractivity contribution in [3.63, 3.8) is 0 Å². The van der Waals surface area contributed by atoms with Gasteiger partial charge >= 0.3 is 11.7 Å². The lowest BCUT2D eigenvalue weighted by molar-refractivity contribution is -0.612. The fraction of sp³-hybridized carbons (Fsp3) is 0.429. The van der Waals surface area contributed by atoms with Crippen LogP contribution < -0.4 is 10.6 Å². The fourth-order valence-corrected chi connectivity index (χ4v) is 3.30. The van der Waals surface area contributed by atoms with Crippen LogP contribution in [0.25, 0.3) is 0 Å². The second-order valence-electron chi connectivity index (χ2n) is 7.64. The van der Waals surface area contributed by atoms with Gasteiger partial charge in [-0.05, 0) is 31.1 Å². The summed E-state index contributed by atoms with van der Waals surface area (Å²) in [5, 5.41) is 47.2. The third-order valence-corrected chi connectivity index (χ3v) is 5.13. The average molecular weight is 462 g/mol. The molecule has 1 aromatic rings. The molecule has 1 aliphatic carbocycles. The van der Waals surface area contributed by atoms with E-state index >= 15 is 0 Å². The molecule has 1 aromatic carbocycles. The summed E-state index contributed by atoms with van der Waals surface area (Å²) in [5.74, 6) is -1.91. The van der Waals surface area contributed by atoms with E-state index in [9.17, 15) is 40.0 Å². The molecule has 2 rings (SSSR count). The van der Waals surface area contributed by atoms with E-state index in [4.69, 9.17) is 0 Å². The minimum atomic E-state index is -2.64. The number of para-hydroxylation sites is 1. The van der Waals surface area contributed by atoms with Crippen LogP contribution in [0.15, 0.2) is 53.8 Å². The number of carboxylic acids is 1. The molecule has 4 N–H and O–H groups in total. The SMILES string of the molecule is O=C(CCCCCNc1ccccc1)NC(CC1=C([N+](=O)[O-])CC(O)([N+](=O)[O-])C=C1)C(=O)O. The highest BCUT2D eigenvalue weighted by molar-refractivity contribution is 5.83. The molecule has 0 heterocycles. The van der Waals surface area contributed by atoms with Crippen molar-refractivity contribution >= 4 is 17.6 Å². The molecule has 2 atom stereocenters. The van der Waals surface area contributed by atoms with Crippen LogP contribution in [-0.4, -0.2) is 50.2 Å². The van der Waals surface area contributed by atoms with Crippen LogP contribution in [-0.2, 0) is 9.59 Å². The van der Waals surface area contributed by atoms with Crippen LogP contribution in [0, 0.1) is 20.2 Å². The lowest BCUT2D eigenvalue weighted by Gasteiger charge is -2.21. The van der Waals surface area contributed by atoms with Crippen LogP contribution in [0.5, 0.6) is 0 Å². The quantitative estimate of drug-likeness (QED) is 0.147. The Labute approximate surface area is 189 Å². The standard InChI is InChI=1S/C21H26N4O8/c26-19(9-5-2-6-12-22-16-7-3-1-4-8-16)23-17(20(27)28)13-15-10-11-21(29,25(32)33)14-18(15)24(30)31/h1,3-4,7-8,10-11,17,22,29H,2,5-6,9,12-14H2,(H,23,26)(H,27,28). The first-order chi connectivity index (χ1) is 15.6. The summed E-state index contributed by atoms with van der Waals surface area (Å²) in [4.78, 5) is 44.1. The lowest BCUT2D eigenvalue weighted by atomic mass is 9.92. The Morgan fingerprint density at radius 1 is 1.12 bits per heavy atom. The van der Waals surface area contributed by atoms with Gasteiger partial charge in [0.25, 0.3) is 5.70 Å². The van der Waals surface area contributed by atoms with Gasteiger partial charge in [-0.1, -0.05) is 24.6 Å². The summed E-state index contributed by atoms with van der Waals surface area (Å²) in [6.45, 7) is 0.726. The van der Waals surface area contributed by atoms with Crippen LogP contribution in [0.1, 0.15) is 38.5 Å². The van der Waals surface area contributed by atoms with Crippen molar-refractivity contribution in [1.82, 2.24) is 5.32 Å². The number of nitrogens with zero attached hydrogens (tertiary/aromatic N) is 2. The topological polar surface area (TPSA) is 185 Å². The molecule has 0 bridgehead atoms. The average Bonchev–Trinajstić information content (AvgIpc) is 2.77. The maximum absolute atomic E-state index is 12.2. The number of unbranched alkanes of at least 4 members (excludes halogenated alkanes) is 2. The number of aliphatic carboxylic acids is 1. The number of nitro groups is 2. The Morgan fingerprint density at radius 3 is 2.42 bits per heavy atom. The first-order valence-electron chi connectivity index (χ1n) is 10.4. The predicted octanol–water partition coefficient (Wildman–Crippen LogP) is 2.07. The minimum Gasteiger partial charge on any atom is -0.480 e. The van der Waals surface area contributed by atoms with Crippen molar-refractivity contribution in [3.8, 4) is 0 Å².